The van der Waals surface area contributed by atoms with Crippen LogP contribution in [-0.4, -0.2) is 5.97 Å². The Morgan fingerprint density at radius 2 is 0.885 bits per heavy atom. The molecule has 0 aliphatic heterocycles. The minimum Gasteiger partial charge on any atom is -0.459 e. The van der Waals surface area contributed by atoms with Gasteiger partial charge in [0.25, 0.3) is 0 Å². The van der Waals surface area contributed by atoms with E-state index in [0.29, 0.717) is 0 Å². The maximum atomic E-state index is 10.6. The highest BCUT2D eigenvalue weighted by molar-refractivity contribution is 5.66. The van der Waals surface area contributed by atoms with Gasteiger partial charge in [0.15, 0.2) is 0 Å². The van der Waals surface area contributed by atoms with Gasteiger partial charge in [-0.05, 0) is 12.8 Å². The summed E-state index contributed by atoms with van der Waals surface area (Å²) in [4.78, 5) is 10.6. The molecule has 0 saturated carbocycles. The van der Waals surface area contributed by atoms with E-state index in [4.69, 9.17) is 4.74 Å². The molecule has 26 heavy (non-hydrogen) atoms. The van der Waals surface area contributed by atoms with Crippen LogP contribution in [0, 0.1) is 6.61 Å². The van der Waals surface area contributed by atoms with Crippen molar-refractivity contribution in [3.05, 3.63) is 6.61 Å². The number of carbonyl (C=O) groups excluding carboxylic acids is 1. The second kappa shape index (κ2) is 22.5. The summed E-state index contributed by atoms with van der Waals surface area (Å²) in [5.74, 6) is -0.206. The second-order valence-electron chi connectivity index (χ2n) is 7.93. The van der Waals surface area contributed by atoms with E-state index >= 15 is 0 Å². The molecule has 0 spiro atoms. The quantitative estimate of drug-likeness (QED) is 0.150. The van der Waals surface area contributed by atoms with E-state index in [2.05, 4.69) is 6.92 Å². The Hall–Kier alpha value is -0.530. The van der Waals surface area contributed by atoms with Gasteiger partial charge in [-0.3, -0.25) is 4.79 Å². The van der Waals surface area contributed by atoms with Gasteiger partial charge in [0.05, 0.1) is 0 Å². The van der Waals surface area contributed by atoms with E-state index in [9.17, 15) is 4.79 Å². The first-order valence-corrected chi connectivity index (χ1v) is 11.8. The monoisotopic (exact) mass is 367 g/mol. The van der Waals surface area contributed by atoms with E-state index < -0.39 is 0 Å². The Morgan fingerprint density at radius 1 is 0.577 bits per heavy atom. The van der Waals surface area contributed by atoms with Crippen LogP contribution in [0.25, 0.3) is 0 Å². The fraction of sp³-hybridized carbons (Fsp3) is 0.917. The average molecular weight is 368 g/mol. The maximum Gasteiger partial charge on any atom is 0.303 e. The first-order valence-electron chi connectivity index (χ1n) is 11.8. The standard InChI is InChI=1S/C24H47O2/c1-3-4-5-6-7-8-9-10-11-12-13-14-15-16-17-18-19-20-21-22-23-26-24(2)25/h23H,3-22H2,1-2H3. The molecule has 2 nitrogen and oxygen atoms in total. The Balaban J connectivity index is 2.98. The van der Waals surface area contributed by atoms with E-state index in [1.807, 2.05) is 0 Å². The Bertz CT molecular complexity index is 275. The molecule has 0 amide bonds. The predicted molar refractivity (Wildman–Crippen MR) is 114 cm³/mol. The lowest BCUT2D eigenvalue weighted by Gasteiger charge is -2.04. The molecule has 0 saturated heterocycles. The summed E-state index contributed by atoms with van der Waals surface area (Å²) in [5, 5.41) is 0. The molecule has 0 fully saturated rings. The molecule has 0 aliphatic rings. The highest BCUT2D eigenvalue weighted by Crippen LogP contribution is 2.14. The van der Waals surface area contributed by atoms with Crippen molar-refractivity contribution in [2.45, 2.75) is 142 Å². The third kappa shape index (κ3) is 23.5. The van der Waals surface area contributed by atoms with Crippen molar-refractivity contribution in [2.75, 3.05) is 0 Å². The SMILES string of the molecule is CCCCCCCCCCCCCCCCCCCCC[CH]OC(C)=O. The molecular weight excluding hydrogens is 320 g/mol. The summed E-state index contributed by atoms with van der Waals surface area (Å²) in [6.45, 7) is 5.39. The van der Waals surface area contributed by atoms with E-state index in [0.717, 1.165) is 12.8 Å². The Kier molecular flexibility index (Phi) is 22.1. The summed E-state index contributed by atoms with van der Waals surface area (Å²) in [6, 6.07) is 0. The predicted octanol–water partition coefficient (Wildman–Crippen LogP) is 8.53. The third-order valence-electron chi connectivity index (χ3n) is 5.17. The van der Waals surface area contributed by atoms with E-state index in [1.54, 1.807) is 6.61 Å². The number of carbonyl (C=O) groups is 1. The number of rotatable bonds is 21. The van der Waals surface area contributed by atoms with Crippen molar-refractivity contribution >= 4 is 5.97 Å². The van der Waals surface area contributed by atoms with E-state index in [-0.39, 0.29) is 5.97 Å². The van der Waals surface area contributed by atoms with Crippen LogP contribution in [0.1, 0.15) is 142 Å². The van der Waals surface area contributed by atoms with Crippen LogP contribution in [0.5, 0.6) is 0 Å². The zero-order chi connectivity index (χ0) is 19.1. The summed E-state index contributed by atoms with van der Waals surface area (Å²) in [5.41, 5.74) is 0. The van der Waals surface area contributed by atoms with Crippen LogP contribution < -0.4 is 0 Å². The van der Waals surface area contributed by atoms with Gasteiger partial charge in [-0.25, -0.2) is 0 Å². The van der Waals surface area contributed by atoms with Crippen LogP contribution in [-0.2, 0) is 9.53 Å². The lowest BCUT2D eigenvalue weighted by molar-refractivity contribution is -0.137. The van der Waals surface area contributed by atoms with Crippen LogP contribution in [0.2, 0.25) is 0 Å². The zero-order valence-electron chi connectivity index (χ0n) is 18.0. The highest BCUT2D eigenvalue weighted by Gasteiger charge is 1.96. The van der Waals surface area contributed by atoms with Crippen molar-refractivity contribution in [2.24, 2.45) is 0 Å². The lowest BCUT2D eigenvalue weighted by Crippen LogP contribution is -1.94. The fourth-order valence-electron chi connectivity index (χ4n) is 3.48. The second-order valence-corrected chi connectivity index (χ2v) is 7.93. The number of hydrogen-bond donors (Lipinski definition) is 0. The Labute approximate surface area is 164 Å². The molecule has 0 aromatic heterocycles. The zero-order valence-corrected chi connectivity index (χ0v) is 18.0. The van der Waals surface area contributed by atoms with Gasteiger partial charge in [0.1, 0.15) is 6.61 Å². The summed E-state index contributed by atoms with van der Waals surface area (Å²) < 4.78 is 4.81. The van der Waals surface area contributed by atoms with Gasteiger partial charge >= 0.3 is 5.97 Å². The molecule has 0 bridgehead atoms. The van der Waals surface area contributed by atoms with Crippen molar-refractivity contribution in [3.8, 4) is 0 Å². The molecule has 0 unspecified atom stereocenters. The van der Waals surface area contributed by atoms with Gasteiger partial charge in [-0.2, -0.15) is 0 Å². The third-order valence-corrected chi connectivity index (χ3v) is 5.17. The molecular formula is C24H47O2. The van der Waals surface area contributed by atoms with Crippen molar-refractivity contribution < 1.29 is 9.53 Å². The first kappa shape index (κ1) is 25.5. The topological polar surface area (TPSA) is 26.3 Å². The molecule has 155 valence electrons. The van der Waals surface area contributed by atoms with Crippen molar-refractivity contribution in [3.63, 3.8) is 0 Å². The van der Waals surface area contributed by atoms with Crippen molar-refractivity contribution in [1.82, 2.24) is 0 Å². The molecule has 0 rings (SSSR count). The molecule has 0 N–H and O–H groups in total. The van der Waals surface area contributed by atoms with Gasteiger partial charge in [-0.15, -0.1) is 0 Å². The van der Waals surface area contributed by atoms with Crippen LogP contribution in [0.4, 0.5) is 0 Å². The minimum absolute atomic E-state index is 0.206. The average Bonchev–Trinajstić information content (AvgIpc) is 2.62. The fourth-order valence-corrected chi connectivity index (χ4v) is 3.48. The largest absolute Gasteiger partial charge is 0.459 e. The van der Waals surface area contributed by atoms with Gasteiger partial charge in [0, 0.05) is 6.92 Å². The van der Waals surface area contributed by atoms with Crippen molar-refractivity contribution in [1.29, 1.82) is 0 Å². The number of hydrogen-bond acceptors (Lipinski definition) is 2. The van der Waals surface area contributed by atoms with Crippen LogP contribution >= 0.6 is 0 Å². The summed E-state index contributed by atoms with van der Waals surface area (Å²) >= 11 is 0. The van der Waals surface area contributed by atoms with Gasteiger partial charge < -0.3 is 4.74 Å². The maximum absolute atomic E-state index is 10.6. The summed E-state index contributed by atoms with van der Waals surface area (Å²) in [6.07, 6.45) is 27.6. The van der Waals surface area contributed by atoms with Crippen LogP contribution in [0.15, 0.2) is 0 Å². The lowest BCUT2D eigenvalue weighted by atomic mass is 10.0. The smallest absolute Gasteiger partial charge is 0.303 e. The highest BCUT2D eigenvalue weighted by atomic mass is 16.5. The molecule has 0 aromatic rings. The van der Waals surface area contributed by atoms with Gasteiger partial charge in [0.2, 0.25) is 0 Å². The van der Waals surface area contributed by atoms with Gasteiger partial charge in [-0.1, -0.05) is 122 Å². The van der Waals surface area contributed by atoms with E-state index in [1.165, 1.54) is 122 Å². The molecule has 0 aromatic carbocycles. The molecule has 0 aliphatic carbocycles. The molecule has 1 radical (unpaired) electrons. The summed E-state index contributed by atoms with van der Waals surface area (Å²) in [7, 11) is 0. The number of unbranched alkanes of at least 4 members (excludes halogenated alkanes) is 19. The minimum atomic E-state index is -0.206. The normalized spacial score (nSPS) is 11.0. The Morgan fingerprint density at radius 3 is 1.19 bits per heavy atom. The number of ether oxygens (including phenoxy) is 1. The molecule has 2 heteroatoms. The molecule has 0 atom stereocenters. The van der Waals surface area contributed by atoms with Crippen LogP contribution in [0.3, 0.4) is 0 Å². The molecule has 0 heterocycles. The number of esters is 1. The first-order chi connectivity index (χ1) is 12.8.